The Hall–Kier alpha value is -2.63. The van der Waals surface area contributed by atoms with Gasteiger partial charge in [-0.15, -0.1) is 0 Å². The Morgan fingerprint density at radius 2 is 1.66 bits per heavy atom. The zero-order chi connectivity index (χ0) is 22.0. The molecule has 2 heterocycles. The highest BCUT2D eigenvalue weighted by Gasteiger charge is 2.22. The standard InChI is InChI=1S/C27H36N4O/c1-32-25-20-24-12-9-14-29-27(24)26(21-25)28-13-7-2-3-8-15-30-16-18-31(19-17-30)22-23-10-5-4-6-11-23/h4-6,9-12,14,20-21,28H,2-3,7-8,13,15-19,22H2,1H3/p+2. The molecule has 1 aliphatic heterocycles. The van der Waals surface area contributed by atoms with Crippen molar-refractivity contribution < 1.29 is 14.5 Å². The second-order valence-electron chi connectivity index (χ2n) is 9.00. The van der Waals surface area contributed by atoms with E-state index in [0.717, 1.165) is 28.9 Å². The maximum Gasteiger partial charge on any atom is 0.127 e. The molecule has 2 aromatic carbocycles. The Kier molecular flexibility index (Phi) is 8.35. The molecule has 170 valence electrons. The number of anilines is 1. The maximum atomic E-state index is 5.44. The molecule has 5 nitrogen and oxygen atoms in total. The SMILES string of the molecule is COc1cc(NCCCCCC[NH+]2CC[NH+](Cc3ccccc3)CC2)c2ncccc2c1. The highest BCUT2D eigenvalue weighted by molar-refractivity contribution is 5.91. The fraction of sp³-hybridized carbons (Fsp3) is 0.444. The van der Waals surface area contributed by atoms with Crippen molar-refractivity contribution in [2.45, 2.75) is 32.2 Å². The Labute approximate surface area is 192 Å². The van der Waals surface area contributed by atoms with Crippen LogP contribution in [0.5, 0.6) is 5.75 Å². The number of nitrogens with one attached hydrogen (secondary N) is 3. The van der Waals surface area contributed by atoms with Gasteiger partial charge in [-0.05, 0) is 31.4 Å². The topological polar surface area (TPSA) is 43.0 Å². The van der Waals surface area contributed by atoms with Crippen molar-refractivity contribution in [3.05, 3.63) is 66.4 Å². The summed E-state index contributed by atoms with van der Waals surface area (Å²) in [5.41, 5.74) is 3.56. The number of aromatic nitrogens is 1. The number of rotatable bonds is 11. The third-order valence-corrected chi connectivity index (χ3v) is 6.65. The van der Waals surface area contributed by atoms with Gasteiger partial charge in [0.05, 0.1) is 24.9 Å². The number of benzene rings is 2. The number of quaternary nitrogens is 2. The zero-order valence-electron chi connectivity index (χ0n) is 19.4. The largest absolute Gasteiger partial charge is 0.497 e. The van der Waals surface area contributed by atoms with E-state index in [2.05, 4.69) is 52.8 Å². The van der Waals surface area contributed by atoms with Crippen LogP contribution in [0.4, 0.5) is 5.69 Å². The van der Waals surface area contributed by atoms with Gasteiger partial charge in [0, 0.05) is 29.8 Å². The van der Waals surface area contributed by atoms with E-state index < -0.39 is 0 Å². The van der Waals surface area contributed by atoms with Gasteiger partial charge in [0.25, 0.3) is 0 Å². The van der Waals surface area contributed by atoms with Gasteiger partial charge in [-0.1, -0.05) is 42.8 Å². The molecule has 0 spiro atoms. The number of hydrogen-bond acceptors (Lipinski definition) is 3. The molecule has 32 heavy (non-hydrogen) atoms. The lowest BCUT2D eigenvalue weighted by Crippen LogP contribution is -3.27. The number of hydrogen-bond donors (Lipinski definition) is 3. The smallest absolute Gasteiger partial charge is 0.127 e. The van der Waals surface area contributed by atoms with Crippen LogP contribution < -0.4 is 19.9 Å². The zero-order valence-corrected chi connectivity index (χ0v) is 19.4. The van der Waals surface area contributed by atoms with Crippen LogP contribution in [0.25, 0.3) is 10.9 Å². The summed E-state index contributed by atoms with van der Waals surface area (Å²) in [6.07, 6.45) is 6.98. The van der Waals surface area contributed by atoms with Crippen molar-refractivity contribution >= 4 is 16.6 Å². The van der Waals surface area contributed by atoms with Gasteiger partial charge >= 0.3 is 0 Å². The molecule has 0 amide bonds. The molecule has 1 aromatic heterocycles. The molecular formula is C27H38N4O+2. The Bertz CT molecular complexity index is 954. The highest BCUT2D eigenvalue weighted by atomic mass is 16.5. The van der Waals surface area contributed by atoms with E-state index in [9.17, 15) is 0 Å². The molecule has 5 heteroatoms. The summed E-state index contributed by atoms with van der Waals surface area (Å²) in [6, 6.07) is 19.1. The average molecular weight is 435 g/mol. The lowest BCUT2D eigenvalue weighted by Gasteiger charge is -2.29. The van der Waals surface area contributed by atoms with E-state index >= 15 is 0 Å². The summed E-state index contributed by atoms with van der Waals surface area (Å²) in [7, 11) is 1.72. The molecule has 1 aliphatic rings. The number of unbranched alkanes of at least 4 members (excludes halogenated alkanes) is 3. The van der Waals surface area contributed by atoms with Gasteiger partial charge in [0.2, 0.25) is 0 Å². The Morgan fingerprint density at radius 3 is 2.47 bits per heavy atom. The average Bonchev–Trinajstić information content (AvgIpc) is 2.85. The van der Waals surface area contributed by atoms with Gasteiger partial charge in [0.15, 0.2) is 0 Å². The number of fused-ring (bicyclic) bond motifs is 1. The van der Waals surface area contributed by atoms with Crippen molar-refractivity contribution in [3.8, 4) is 5.75 Å². The van der Waals surface area contributed by atoms with Crippen LogP contribution in [0.1, 0.15) is 31.2 Å². The van der Waals surface area contributed by atoms with Crippen molar-refractivity contribution in [2.24, 2.45) is 0 Å². The summed E-state index contributed by atoms with van der Waals surface area (Å²) in [5.74, 6) is 0.877. The predicted molar refractivity (Wildman–Crippen MR) is 132 cm³/mol. The lowest BCUT2D eigenvalue weighted by molar-refractivity contribution is -1.02. The molecule has 3 aromatic rings. The van der Waals surface area contributed by atoms with Gasteiger partial charge in [-0.3, -0.25) is 4.98 Å². The molecule has 1 fully saturated rings. The molecule has 0 atom stereocenters. The summed E-state index contributed by atoms with van der Waals surface area (Å²) in [4.78, 5) is 8.08. The van der Waals surface area contributed by atoms with Crippen LogP contribution in [-0.4, -0.2) is 51.4 Å². The second kappa shape index (κ2) is 11.8. The molecule has 0 unspecified atom stereocenters. The maximum absolute atomic E-state index is 5.44. The van der Waals surface area contributed by atoms with Gasteiger partial charge in [0.1, 0.15) is 38.5 Å². The Morgan fingerprint density at radius 1 is 0.875 bits per heavy atom. The third-order valence-electron chi connectivity index (χ3n) is 6.65. The molecule has 4 rings (SSSR count). The fourth-order valence-electron chi connectivity index (χ4n) is 4.76. The minimum atomic E-state index is 0.877. The number of ether oxygens (including phenoxy) is 1. The highest BCUT2D eigenvalue weighted by Crippen LogP contribution is 2.27. The van der Waals surface area contributed by atoms with Gasteiger partial charge in [-0.25, -0.2) is 0 Å². The van der Waals surface area contributed by atoms with E-state index in [0.29, 0.717) is 0 Å². The number of nitrogens with zero attached hydrogens (tertiary/aromatic N) is 1. The fourth-order valence-corrected chi connectivity index (χ4v) is 4.76. The summed E-state index contributed by atoms with van der Waals surface area (Å²) < 4.78 is 5.44. The first kappa shape index (κ1) is 22.6. The van der Waals surface area contributed by atoms with Gasteiger partial charge in [-0.2, -0.15) is 0 Å². The van der Waals surface area contributed by atoms with E-state index in [4.69, 9.17) is 4.74 Å². The quantitative estimate of drug-likeness (QED) is 0.406. The van der Waals surface area contributed by atoms with E-state index in [1.165, 1.54) is 70.5 Å². The summed E-state index contributed by atoms with van der Waals surface area (Å²) >= 11 is 0. The van der Waals surface area contributed by atoms with Crippen molar-refractivity contribution in [1.29, 1.82) is 0 Å². The first-order chi connectivity index (χ1) is 15.8. The lowest BCUT2D eigenvalue weighted by atomic mass is 10.1. The van der Waals surface area contributed by atoms with Crippen molar-refractivity contribution in [2.75, 3.05) is 51.7 Å². The molecule has 3 N–H and O–H groups in total. The summed E-state index contributed by atoms with van der Waals surface area (Å²) in [5, 5.41) is 4.69. The van der Waals surface area contributed by atoms with E-state index in [1.54, 1.807) is 16.9 Å². The van der Waals surface area contributed by atoms with Crippen molar-refractivity contribution in [1.82, 2.24) is 4.98 Å². The molecule has 0 bridgehead atoms. The molecule has 0 aliphatic carbocycles. The molecule has 0 saturated carbocycles. The third kappa shape index (κ3) is 6.44. The number of methoxy groups -OCH3 is 1. The number of pyridine rings is 1. The van der Waals surface area contributed by atoms with Crippen LogP contribution in [0.3, 0.4) is 0 Å². The van der Waals surface area contributed by atoms with Gasteiger partial charge < -0.3 is 19.9 Å². The molecule has 0 radical (unpaired) electrons. The minimum Gasteiger partial charge on any atom is -0.497 e. The number of piperazine rings is 1. The van der Waals surface area contributed by atoms with Crippen molar-refractivity contribution in [3.63, 3.8) is 0 Å². The van der Waals surface area contributed by atoms with E-state index in [1.807, 2.05) is 18.3 Å². The predicted octanol–water partition coefficient (Wildman–Crippen LogP) is 2.20. The first-order valence-electron chi connectivity index (χ1n) is 12.2. The Balaban J connectivity index is 1.09. The normalized spacial score (nSPS) is 18.5. The first-order valence-corrected chi connectivity index (χ1v) is 12.2. The van der Waals surface area contributed by atoms with Crippen LogP contribution in [0.2, 0.25) is 0 Å². The summed E-state index contributed by atoms with van der Waals surface area (Å²) in [6.45, 7) is 8.73. The monoisotopic (exact) mass is 434 g/mol. The second-order valence-corrected chi connectivity index (χ2v) is 9.00. The van der Waals surface area contributed by atoms with Crippen LogP contribution in [-0.2, 0) is 6.54 Å². The van der Waals surface area contributed by atoms with E-state index in [-0.39, 0.29) is 0 Å². The van der Waals surface area contributed by atoms with Crippen LogP contribution in [0, 0.1) is 0 Å². The minimum absolute atomic E-state index is 0.877. The van der Waals surface area contributed by atoms with Crippen LogP contribution in [0.15, 0.2) is 60.8 Å². The molecular weight excluding hydrogens is 396 g/mol. The van der Waals surface area contributed by atoms with Crippen LogP contribution >= 0.6 is 0 Å². The molecule has 1 saturated heterocycles.